The zero-order valence-corrected chi connectivity index (χ0v) is 17.7. The summed E-state index contributed by atoms with van der Waals surface area (Å²) in [6.07, 6.45) is 2.50. The number of nitrogens with zero attached hydrogens (tertiary/aromatic N) is 2. The number of benzene rings is 2. The number of carbonyl (C=O) groups excluding carboxylic acids is 2. The summed E-state index contributed by atoms with van der Waals surface area (Å²) in [7, 11) is -1.58. The van der Waals surface area contributed by atoms with Crippen LogP contribution in [0.3, 0.4) is 0 Å². The van der Waals surface area contributed by atoms with Crippen molar-refractivity contribution in [1.82, 2.24) is 4.67 Å². The van der Waals surface area contributed by atoms with E-state index in [1.165, 1.54) is 12.5 Å². The topological polar surface area (TPSA) is 49.7 Å². The highest BCUT2D eigenvalue weighted by Gasteiger charge is 2.32. The molecule has 2 aromatic rings. The molecule has 0 atom stereocenters. The van der Waals surface area contributed by atoms with Crippen LogP contribution in [-0.2, 0) is 4.79 Å². The Morgan fingerprint density at radius 1 is 0.893 bits per heavy atom. The minimum absolute atomic E-state index is 0.0866. The first-order valence-electron chi connectivity index (χ1n) is 9.96. The second kappa shape index (κ2) is 9.11. The molecule has 1 aliphatic rings. The van der Waals surface area contributed by atoms with E-state index in [1.807, 2.05) is 48.5 Å². The van der Waals surface area contributed by atoms with Gasteiger partial charge in [0.2, 0.25) is 0 Å². The van der Waals surface area contributed by atoms with Gasteiger partial charge >= 0.3 is 0 Å². The van der Waals surface area contributed by atoms with Crippen molar-refractivity contribution in [2.45, 2.75) is 44.8 Å². The molecule has 2 aromatic carbocycles. The lowest BCUT2D eigenvalue weighted by Crippen LogP contribution is -2.49. The molecule has 0 aromatic heterocycles. The lowest BCUT2D eigenvalue weighted by molar-refractivity contribution is -0.117. The van der Waals surface area contributed by atoms with Crippen LogP contribution in [0.25, 0.3) is 0 Å². The highest BCUT2D eigenvalue weighted by molar-refractivity contribution is 6.74. The number of hydrazone groups is 1. The van der Waals surface area contributed by atoms with Crippen LogP contribution in [0.1, 0.15) is 41.6 Å². The predicted octanol–water partition coefficient (Wildman–Crippen LogP) is 4.92. The van der Waals surface area contributed by atoms with Gasteiger partial charge in [0.05, 0.1) is 18.6 Å². The number of hydrogen-bond donors (Lipinski definition) is 0. The minimum atomic E-state index is -1.58. The fourth-order valence-electron chi connectivity index (χ4n) is 3.56. The van der Waals surface area contributed by atoms with E-state index in [9.17, 15) is 9.59 Å². The van der Waals surface area contributed by atoms with Crippen molar-refractivity contribution >= 4 is 25.5 Å². The van der Waals surface area contributed by atoms with E-state index in [1.54, 1.807) is 12.1 Å². The second-order valence-electron chi connectivity index (χ2n) is 7.99. The van der Waals surface area contributed by atoms with Crippen LogP contribution >= 0.6 is 0 Å². The molecule has 5 heteroatoms. The molecule has 1 fully saturated rings. The van der Waals surface area contributed by atoms with Crippen LogP contribution in [0, 0.1) is 0 Å². The maximum atomic E-state index is 12.7. The average molecular weight is 393 g/mol. The molecule has 146 valence electrons. The molecular weight excluding hydrogens is 364 g/mol. The van der Waals surface area contributed by atoms with Crippen molar-refractivity contribution in [2.24, 2.45) is 5.10 Å². The van der Waals surface area contributed by atoms with Crippen molar-refractivity contribution in [3.8, 4) is 0 Å². The third-order valence-electron chi connectivity index (χ3n) is 5.27. The van der Waals surface area contributed by atoms with Gasteiger partial charge in [-0.25, -0.2) is 0 Å². The highest BCUT2D eigenvalue weighted by Crippen LogP contribution is 2.26. The van der Waals surface area contributed by atoms with Gasteiger partial charge in [0.25, 0.3) is 0 Å². The SMILES string of the molecule is C[Si]1(C)CCCCN1N=C(CC(=O)CC(=O)c1ccccc1)c1ccccc1. The van der Waals surface area contributed by atoms with Gasteiger partial charge in [-0.2, -0.15) is 5.10 Å². The largest absolute Gasteiger partial charge is 0.324 e. The van der Waals surface area contributed by atoms with Crippen molar-refractivity contribution in [3.63, 3.8) is 0 Å². The lowest BCUT2D eigenvalue weighted by atomic mass is 10.00. The van der Waals surface area contributed by atoms with Crippen LogP contribution in [-0.4, -0.2) is 36.7 Å². The molecule has 3 rings (SSSR count). The molecule has 1 saturated heterocycles. The quantitative estimate of drug-likeness (QED) is 0.291. The zero-order chi connectivity index (χ0) is 20.0. The first-order valence-corrected chi connectivity index (χ1v) is 13.1. The monoisotopic (exact) mass is 392 g/mol. The molecule has 4 nitrogen and oxygen atoms in total. The smallest absolute Gasteiger partial charge is 0.172 e. The number of Topliss-reactive ketones (excluding diaryl/α,β-unsaturated/α-hetero) is 2. The summed E-state index contributed by atoms with van der Waals surface area (Å²) in [6.45, 7) is 5.62. The standard InChI is InChI=1S/C23H28N2O2Si/c1-28(2)16-10-9-15-25(28)24-22(19-11-5-3-6-12-19)17-21(26)18-23(27)20-13-7-4-8-14-20/h3-8,11-14H,9-10,15-18H2,1-2H3. The van der Waals surface area contributed by atoms with Crippen LogP contribution in [0.15, 0.2) is 65.8 Å². The first kappa shape index (κ1) is 20.2. The average Bonchev–Trinajstić information content (AvgIpc) is 2.70. The fraction of sp³-hybridized carbons (Fsp3) is 0.348. The minimum Gasteiger partial charge on any atom is -0.324 e. The van der Waals surface area contributed by atoms with Gasteiger partial charge in [-0.3, -0.25) is 9.59 Å². The van der Waals surface area contributed by atoms with Gasteiger partial charge in [-0.15, -0.1) is 0 Å². The molecule has 0 unspecified atom stereocenters. The molecule has 1 heterocycles. The Morgan fingerprint density at radius 3 is 2.11 bits per heavy atom. The number of rotatable bonds is 7. The Hall–Kier alpha value is -2.53. The van der Waals surface area contributed by atoms with Crippen molar-refractivity contribution in [3.05, 3.63) is 71.8 Å². The predicted molar refractivity (Wildman–Crippen MR) is 116 cm³/mol. The van der Waals surface area contributed by atoms with Gasteiger partial charge in [0.1, 0.15) is 5.78 Å². The van der Waals surface area contributed by atoms with Crippen molar-refractivity contribution < 1.29 is 9.59 Å². The maximum Gasteiger partial charge on any atom is 0.172 e. The summed E-state index contributed by atoms with van der Waals surface area (Å²) in [6, 6.07) is 20.1. The van der Waals surface area contributed by atoms with Gasteiger partial charge in [0.15, 0.2) is 14.0 Å². The maximum absolute atomic E-state index is 12.7. The summed E-state index contributed by atoms with van der Waals surface area (Å²) in [5, 5.41) is 4.96. The Kier molecular flexibility index (Phi) is 6.57. The first-order chi connectivity index (χ1) is 13.5. The number of hydrogen-bond acceptors (Lipinski definition) is 4. The number of carbonyl (C=O) groups is 2. The summed E-state index contributed by atoms with van der Waals surface area (Å²) in [4.78, 5) is 25.1. The van der Waals surface area contributed by atoms with E-state index in [-0.39, 0.29) is 24.4 Å². The second-order valence-corrected chi connectivity index (χ2v) is 12.6. The summed E-state index contributed by atoms with van der Waals surface area (Å²) in [5.74, 6) is -0.223. The molecular formula is C23H28N2O2Si. The molecule has 0 aliphatic carbocycles. The van der Waals surface area contributed by atoms with E-state index >= 15 is 0 Å². The Bertz CT molecular complexity index is 847. The van der Waals surface area contributed by atoms with Gasteiger partial charge < -0.3 is 4.67 Å². The molecule has 0 spiro atoms. The van der Waals surface area contributed by atoms with E-state index < -0.39 is 8.24 Å². The molecule has 0 saturated carbocycles. The van der Waals surface area contributed by atoms with Crippen LogP contribution in [0.5, 0.6) is 0 Å². The van der Waals surface area contributed by atoms with Crippen LogP contribution in [0.2, 0.25) is 19.1 Å². The Morgan fingerprint density at radius 2 is 1.50 bits per heavy atom. The Balaban J connectivity index is 1.79. The van der Waals surface area contributed by atoms with Crippen LogP contribution in [0.4, 0.5) is 0 Å². The van der Waals surface area contributed by atoms with E-state index in [4.69, 9.17) is 5.10 Å². The molecule has 0 bridgehead atoms. The molecule has 0 radical (unpaired) electrons. The molecule has 28 heavy (non-hydrogen) atoms. The number of ketones is 2. The summed E-state index contributed by atoms with van der Waals surface area (Å²) < 4.78 is 2.26. The molecule has 1 aliphatic heterocycles. The summed E-state index contributed by atoms with van der Waals surface area (Å²) in [5.41, 5.74) is 2.31. The zero-order valence-electron chi connectivity index (χ0n) is 16.7. The molecule has 0 amide bonds. The van der Waals surface area contributed by atoms with Crippen molar-refractivity contribution in [1.29, 1.82) is 0 Å². The fourth-order valence-corrected chi connectivity index (χ4v) is 6.09. The third-order valence-corrected chi connectivity index (χ3v) is 8.57. The molecule has 0 N–H and O–H groups in total. The van der Waals surface area contributed by atoms with E-state index in [0.29, 0.717) is 5.56 Å². The Labute approximate surface area is 168 Å². The van der Waals surface area contributed by atoms with E-state index in [0.717, 1.165) is 24.2 Å². The van der Waals surface area contributed by atoms with E-state index in [2.05, 4.69) is 17.8 Å². The van der Waals surface area contributed by atoms with Gasteiger partial charge in [-0.05, 0) is 18.0 Å². The van der Waals surface area contributed by atoms with Crippen molar-refractivity contribution in [2.75, 3.05) is 6.54 Å². The van der Waals surface area contributed by atoms with Gasteiger partial charge in [0, 0.05) is 12.1 Å². The lowest BCUT2D eigenvalue weighted by Gasteiger charge is -2.39. The van der Waals surface area contributed by atoms with Gasteiger partial charge in [-0.1, -0.05) is 80.2 Å². The van der Waals surface area contributed by atoms with Crippen LogP contribution < -0.4 is 0 Å². The normalized spacial score (nSPS) is 16.6. The highest BCUT2D eigenvalue weighted by atomic mass is 28.3. The third kappa shape index (κ3) is 5.26. The summed E-state index contributed by atoms with van der Waals surface area (Å²) >= 11 is 0.